The van der Waals surface area contributed by atoms with Crippen LogP contribution >= 0.6 is 15.9 Å². The van der Waals surface area contributed by atoms with Crippen molar-refractivity contribution in [1.29, 1.82) is 0 Å². The molecule has 0 radical (unpaired) electrons. The van der Waals surface area contributed by atoms with Crippen molar-refractivity contribution in [3.05, 3.63) is 69.7 Å². The summed E-state index contributed by atoms with van der Waals surface area (Å²) in [5, 5.41) is 3.67. The molecule has 0 saturated carbocycles. The van der Waals surface area contributed by atoms with E-state index in [-0.39, 0.29) is 5.54 Å². The summed E-state index contributed by atoms with van der Waals surface area (Å²) in [5.74, 6) is 0. The third kappa shape index (κ3) is 5.29. The summed E-state index contributed by atoms with van der Waals surface area (Å²) in [6, 6.07) is 17.3. The van der Waals surface area contributed by atoms with Crippen LogP contribution in [-0.2, 0) is 13.0 Å². The fourth-order valence-electron chi connectivity index (χ4n) is 2.28. The van der Waals surface area contributed by atoms with Gasteiger partial charge >= 0.3 is 0 Å². The number of rotatable bonds is 6. The van der Waals surface area contributed by atoms with Crippen molar-refractivity contribution < 1.29 is 0 Å². The molecule has 112 valence electrons. The molecule has 0 aliphatic heterocycles. The van der Waals surface area contributed by atoms with Crippen molar-refractivity contribution in [3.63, 3.8) is 0 Å². The van der Waals surface area contributed by atoms with E-state index >= 15 is 0 Å². The van der Waals surface area contributed by atoms with Crippen molar-refractivity contribution in [2.75, 3.05) is 0 Å². The third-order valence-electron chi connectivity index (χ3n) is 3.89. The zero-order valence-corrected chi connectivity index (χ0v) is 14.7. The number of nitrogens with one attached hydrogen (secondary N) is 1. The van der Waals surface area contributed by atoms with Gasteiger partial charge in [0.1, 0.15) is 0 Å². The highest BCUT2D eigenvalue weighted by Crippen LogP contribution is 2.19. The van der Waals surface area contributed by atoms with E-state index in [0.717, 1.165) is 19.4 Å². The van der Waals surface area contributed by atoms with Crippen LogP contribution < -0.4 is 5.32 Å². The predicted molar refractivity (Wildman–Crippen MR) is 94.6 cm³/mol. The van der Waals surface area contributed by atoms with Crippen molar-refractivity contribution in [1.82, 2.24) is 5.32 Å². The predicted octanol–water partition coefficient (Wildman–Crippen LogP) is 5.26. The maximum atomic E-state index is 3.67. The number of hydrogen-bond donors (Lipinski definition) is 1. The van der Waals surface area contributed by atoms with Crippen LogP contribution in [0.5, 0.6) is 0 Å². The van der Waals surface area contributed by atoms with Gasteiger partial charge in [-0.15, -0.1) is 0 Å². The number of aryl methyl sites for hydroxylation is 2. The van der Waals surface area contributed by atoms with Crippen LogP contribution in [0.25, 0.3) is 0 Å². The minimum atomic E-state index is 0.132. The lowest BCUT2D eigenvalue weighted by atomic mass is 9.95. The fraction of sp³-hybridized carbons (Fsp3) is 0.368. The Bertz CT molecular complexity index is 575. The molecule has 0 aromatic heterocycles. The molecule has 1 nitrogen and oxygen atoms in total. The standard InChI is InChI=1S/C19H24BrN/c1-15-9-10-17(13-18(15)20)14-21-19(2,3)12-11-16-7-5-4-6-8-16/h4-10,13,21H,11-12,14H2,1-3H3. The van der Waals surface area contributed by atoms with E-state index in [0.29, 0.717) is 0 Å². The molecule has 0 unspecified atom stereocenters. The molecule has 0 spiro atoms. The minimum absolute atomic E-state index is 0.132. The molecule has 2 aromatic carbocycles. The first-order valence-corrected chi connectivity index (χ1v) is 8.29. The highest BCUT2D eigenvalue weighted by atomic mass is 79.9. The third-order valence-corrected chi connectivity index (χ3v) is 4.74. The van der Waals surface area contributed by atoms with Gasteiger partial charge in [-0.3, -0.25) is 0 Å². The maximum Gasteiger partial charge on any atom is 0.0210 e. The van der Waals surface area contributed by atoms with E-state index in [1.54, 1.807) is 0 Å². The van der Waals surface area contributed by atoms with Crippen LogP contribution in [0.4, 0.5) is 0 Å². The average Bonchev–Trinajstić information content (AvgIpc) is 2.48. The second kappa shape index (κ2) is 7.24. The molecule has 0 saturated heterocycles. The van der Waals surface area contributed by atoms with Gasteiger partial charge in [0.15, 0.2) is 0 Å². The molecule has 2 rings (SSSR count). The normalized spacial score (nSPS) is 11.6. The van der Waals surface area contributed by atoms with Crippen LogP contribution in [-0.4, -0.2) is 5.54 Å². The molecule has 0 atom stereocenters. The van der Waals surface area contributed by atoms with Crippen LogP contribution in [0.3, 0.4) is 0 Å². The number of hydrogen-bond acceptors (Lipinski definition) is 1. The van der Waals surface area contributed by atoms with Crippen LogP contribution in [0.2, 0.25) is 0 Å². The van der Waals surface area contributed by atoms with Gasteiger partial charge in [-0.1, -0.05) is 58.4 Å². The van der Waals surface area contributed by atoms with Crippen LogP contribution in [0.15, 0.2) is 53.0 Å². The van der Waals surface area contributed by atoms with Gasteiger partial charge in [0.25, 0.3) is 0 Å². The Balaban J connectivity index is 1.87. The van der Waals surface area contributed by atoms with Crippen molar-refractivity contribution >= 4 is 15.9 Å². The highest BCUT2D eigenvalue weighted by molar-refractivity contribution is 9.10. The van der Waals surface area contributed by atoms with Crippen molar-refractivity contribution in [3.8, 4) is 0 Å². The lowest BCUT2D eigenvalue weighted by Gasteiger charge is -2.27. The maximum absolute atomic E-state index is 3.67. The molecule has 0 aliphatic carbocycles. The SMILES string of the molecule is Cc1ccc(CNC(C)(C)CCc2ccccc2)cc1Br. The monoisotopic (exact) mass is 345 g/mol. The molecule has 0 amide bonds. The Hall–Kier alpha value is -1.12. The molecule has 0 fully saturated rings. The Morgan fingerprint density at radius 1 is 1.00 bits per heavy atom. The molecular weight excluding hydrogens is 322 g/mol. The van der Waals surface area contributed by atoms with Gasteiger partial charge in [0, 0.05) is 16.6 Å². The van der Waals surface area contributed by atoms with E-state index in [1.165, 1.54) is 21.2 Å². The Morgan fingerprint density at radius 3 is 2.38 bits per heavy atom. The molecule has 2 aromatic rings. The second-order valence-corrected chi connectivity index (χ2v) is 7.16. The summed E-state index contributed by atoms with van der Waals surface area (Å²) in [6.45, 7) is 7.57. The number of halogens is 1. The molecule has 2 heteroatoms. The lowest BCUT2D eigenvalue weighted by molar-refractivity contribution is 0.360. The van der Waals surface area contributed by atoms with Crippen LogP contribution in [0, 0.1) is 6.92 Å². The van der Waals surface area contributed by atoms with Gasteiger partial charge in [-0.2, -0.15) is 0 Å². The topological polar surface area (TPSA) is 12.0 Å². The average molecular weight is 346 g/mol. The van der Waals surface area contributed by atoms with Crippen molar-refractivity contribution in [2.45, 2.75) is 45.7 Å². The summed E-state index contributed by atoms with van der Waals surface area (Å²) >= 11 is 3.60. The molecule has 0 aliphatic rings. The second-order valence-electron chi connectivity index (χ2n) is 6.31. The Labute approximate surface area is 136 Å². The molecular formula is C19H24BrN. The van der Waals surface area contributed by atoms with Gasteiger partial charge < -0.3 is 5.32 Å². The Kier molecular flexibility index (Phi) is 5.60. The van der Waals surface area contributed by atoms with Crippen molar-refractivity contribution in [2.24, 2.45) is 0 Å². The van der Waals surface area contributed by atoms with Gasteiger partial charge in [-0.25, -0.2) is 0 Å². The van der Waals surface area contributed by atoms with E-state index in [4.69, 9.17) is 0 Å². The van der Waals surface area contributed by atoms with E-state index in [9.17, 15) is 0 Å². The summed E-state index contributed by atoms with van der Waals surface area (Å²) in [6.07, 6.45) is 2.24. The van der Waals surface area contributed by atoms with E-state index in [2.05, 4.69) is 90.5 Å². The first-order chi connectivity index (χ1) is 9.96. The highest BCUT2D eigenvalue weighted by Gasteiger charge is 2.16. The molecule has 0 bridgehead atoms. The Morgan fingerprint density at radius 2 is 1.71 bits per heavy atom. The minimum Gasteiger partial charge on any atom is -0.308 e. The zero-order chi connectivity index (χ0) is 15.3. The smallest absolute Gasteiger partial charge is 0.0210 e. The van der Waals surface area contributed by atoms with Gasteiger partial charge in [0.2, 0.25) is 0 Å². The van der Waals surface area contributed by atoms with E-state index in [1.807, 2.05) is 0 Å². The molecule has 21 heavy (non-hydrogen) atoms. The van der Waals surface area contributed by atoms with E-state index < -0.39 is 0 Å². The largest absolute Gasteiger partial charge is 0.308 e. The van der Waals surface area contributed by atoms with Gasteiger partial charge in [-0.05, 0) is 56.4 Å². The molecule has 0 heterocycles. The van der Waals surface area contributed by atoms with Gasteiger partial charge in [0.05, 0.1) is 0 Å². The first-order valence-electron chi connectivity index (χ1n) is 7.50. The van der Waals surface area contributed by atoms with Crippen LogP contribution in [0.1, 0.15) is 37.0 Å². The summed E-state index contributed by atoms with van der Waals surface area (Å²) < 4.78 is 1.18. The summed E-state index contributed by atoms with van der Waals surface area (Å²) in [7, 11) is 0. The number of benzene rings is 2. The first kappa shape index (κ1) is 16.3. The quantitative estimate of drug-likeness (QED) is 0.752. The molecule has 1 N–H and O–H groups in total. The zero-order valence-electron chi connectivity index (χ0n) is 13.1. The summed E-state index contributed by atoms with van der Waals surface area (Å²) in [5.41, 5.74) is 4.14. The summed E-state index contributed by atoms with van der Waals surface area (Å²) in [4.78, 5) is 0. The lowest BCUT2D eigenvalue weighted by Crippen LogP contribution is -2.39. The fourth-order valence-corrected chi connectivity index (χ4v) is 2.70.